The van der Waals surface area contributed by atoms with Gasteiger partial charge in [0, 0.05) is 50.2 Å². The monoisotopic (exact) mass is 491 g/mol. The molecule has 4 heterocycles. The predicted octanol–water partition coefficient (Wildman–Crippen LogP) is 3.40. The topological polar surface area (TPSA) is 93.8 Å². The fourth-order valence-electron chi connectivity index (χ4n) is 5.36. The largest absolute Gasteiger partial charge is 0.474 e. The average Bonchev–Trinajstić information content (AvgIpc) is 2.81. The summed E-state index contributed by atoms with van der Waals surface area (Å²) in [6.45, 7) is 2.20. The van der Waals surface area contributed by atoms with Gasteiger partial charge in [-0.3, -0.25) is 4.79 Å². The normalized spacial score (nSPS) is 23.1. The van der Waals surface area contributed by atoms with E-state index in [9.17, 15) is 18.0 Å². The first-order valence-electron chi connectivity index (χ1n) is 11.9. The summed E-state index contributed by atoms with van der Waals surface area (Å²) in [5.74, 6) is -1.40. The minimum Gasteiger partial charge on any atom is -0.474 e. The van der Waals surface area contributed by atoms with E-state index in [1.165, 1.54) is 11.0 Å². The molecule has 8 nitrogen and oxygen atoms in total. The van der Waals surface area contributed by atoms with E-state index in [2.05, 4.69) is 9.97 Å². The van der Waals surface area contributed by atoms with Crippen LogP contribution in [0.25, 0.3) is 0 Å². The van der Waals surface area contributed by atoms with Crippen molar-refractivity contribution in [1.29, 1.82) is 0 Å². The number of piperidine rings is 2. The molecule has 5 rings (SSSR count). The van der Waals surface area contributed by atoms with E-state index in [0.717, 1.165) is 25.0 Å². The lowest BCUT2D eigenvalue weighted by Crippen LogP contribution is -2.62. The van der Waals surface area contributed by atoms with Crippen molar-refractivity contribution in [2.24, 2.45) is 0 Å². The molecular formula is C24H28F3N5O3. The van der Waals surface area contributed by atoms with Gasteiger partial charge in [0.1, 0.15) is 18.1 Å². The number of nitrogen functional groups attached to an aromatic ring is 1. The zero-order valence-corrected chi connectivity index (χ0v) is 19.3. The summed E-state index contributed by atoms with van der Waals surface area (Å²) in [6, 6.07) is 5.10. The predicted molar refractivity (Wildman–Crippen MR) is 123 cm³/mol. The number of nitrogens with two attached hydrogens (primary N) is 1. The van der Waals surface area contributed by atoms with E-state index in [0.29, 0.717) is 50.8 Å². The first-order chi connectivity index (χ1) is 16.8. The van der Waals surface area contributed by atoms with Crippen LogP contribution in [0.3, 0.4) is 0 Å². The number of carbonyl (C=O) groups excluding carboxylic acids is 1. The Labute approximate surface area is 201 Å². The van der Waals surface area contributed by atoms with Crippen molar-refractivity contribution in [2.45, 2.75) is 56.3 Å². The van der Waals surface area contributed by atoms with E-state index in [4.69, 9.17) is 15.2 Å². The van der Waals surface area contributed by atoms with Crippen LogP contribution in [-0.4, -0.2) is 60.0 Å². The van der Waals surface area contributed by atoms with E-state index in [-0.39, 0.29) is 30.6 Å². The van der Waals surface area contributed by atoms with Crippen molar-refractivity contribution in [1.82, 2.24) is 9.97 Å². The van der Waals surface area contributed by atoms with E-state index in [1.807, 2.05) is 4.90 Å². The molecule has 188 valence electrons. The summed E-state index contributed by atoms with van der Waals surface area (Å²) in [5, 5.41) is 0. The Kier molecular flexibility index (Phi) is 6.43. The van der Waals surface area contributed by atoms with Crippen LogP contribution in [0.4, 0.5) is 30.6 Å². The number of hydrogen-bond donors (Lipinski definition) is 1. The van der Waals surface area contributed by atoms with Crippen LogP contribution in [0.2, 0.25) is 0 Å². The molecule has 3 aliphatic heterocycles. The average molecular weight is 492 g/mol. The van der Waals surface area contributed by atoms with Gasteiger partial charge in [-0.2, -0.15) is 9.97 Å². The highest BCUT2D eigenvalue weighted by Crippen LogP contribution is 2.43. The molecule has 0 saturated carbocycles. The maximum Gasteiger partial charge on any atom is 0.230 e. The van der Waals surface area contributed by atoms with Gasteiger partial charge in [-0.1, -0.05) is 0 Å². The molecule has 3 fully saturated rings. The second-order valence-electron chi connectivity index (χ2n) is 9.40. The smallest absolute Gasteiger partial charge is 0.230 e. The van der Waals surface area contributed by atoms with Crippen LogP contribution in [0.5, 0.6) is 5.88 Å². The number of ether oxygens (including phenoxy) is 2. The van der Waals surface area contributed by atoms with Crippen LogP contribution < -0.4 is 20.3 Å². The molecule has 1 atom stereocenters. The van der Waals surface area contributed by atoms with Crippen molar-refractivity contribution >= 4 is 23.4 Å². The summed E-state index contributed by atoms with van der Waals surface area (Å²) in [4.78, 5) is 24.9. The van der Waals surface area contributed by atoms with Gasteiger partial charge in [0.05, 0.1) is 25.2 Å². The molecule has 3 saturated heterocycles. The third kappa shape index (κ3) is 4.86. The first-order valence-corrected chi connectivity index (χ1v) is 11.9. The van der Waals surface area contributed by atoms with Crippen LogP contribution in [0, 0.1) is 11.6 Å². The number of hydrogen-bond acceptors (Lipinski definition) is 7. The van der Waals surface area contributed by atoms with Crippen LogP contribution in [0.1, 0.15) is 38.5 Å². The number of amides is 1. The van der Waals surface area contributed by atoms with Crippen molar-refractivity contribution in [3.63, 3.8) is 0 Å². The number of halogens is 3. The van der Waals surface area contributed by atoms with Gasteiger partial charge in [-0.15, -0.1) is 0 Å². The Morgan fingerprint density at radius 2 is 1.83 bits per heavy atom. The van der Waals surface area contributed by atoms with Gasteiger partial charge < -0.3 is 25.0 Å². The zero-order chi connectivity index (χ0) is 24.6. The third-order valence-electron chi connectivity index (χ3n) is 7.06. The Hall–Kier alpha value is -3.08. The summed E-state index contributed by atoms with van der Waals surface area (Å²) in [6.07, 6.45) is 0.957. The van der Waals surface area contributed by atoms with Crippen LogP contribution >= 0.6 is 0 Å². The second kappa shape index (κ2) is 9.52. The van der Waals surface area contributed by atoms with Gasteiger partial charge in [-0.25, -0.2) is 13.2 Å². The first kappa shape index (κ1) is 23.7. The quantitative estimate of drug-likeness (QED) is 0.701. The molecule has 35 heavy (non-hydrogen) atoms. The minimum absolute atomic E-state index is 0.00470. The Morgan fingerprint density at radius 1 is 1.09 bits per heavy atom. The summed E-state index contributed by atoms with van der Waals surface area (Å²) in [5.41, 5.74) is 5.35. The molecule has 0 unspecified atom stereocenters. The number of alkyl halides is 1. The third-order valence-corrected chi connectivity index (χ3v) is 7.06. The van der Waals surface area contributed by atoms with E-state index < -0.39 is 29.3 Å². The number of nitrogens with zero attached hydrogens (tertiary/aromatic N) is 4. The number of anilines is 3. The fourth-order valence-corrected chi connectivity index (χ4v) is 5.36. The molecule has 1 amide bonds. The molecule has 3 aliphatic rings. The molecule has 0 bridgehead atoms. The molecule has 1 spiro atoms. The number of rotatable bonds is 4. The minimum atomic E-state index is -1.29. The van der Waals surface area contributed by atoms with Crippen LogP contribution in [-0.2, 0) is 9.53 Å². The SMILES string of the molecule is Nc1nc(OC2CCOCC2)cc(N2CCC3(CC2)C[C@H](F)CC(=O)N3c2ccc(F)c(F)c2)n1. The van der Waals surface area contributed by atoms with Crippen molar-refractivity contribution in [3.05, 3.63) is 35.9 Å². The molecular weight excluding hydrogens is 463 g/mol. The van der Waals surface area contributed by atoms with Crippen LogP contribution in [0.15, 0.2) is 24.3 Å². The summed E-state index contributed by atoms with van der Waals surface area (Å²) < 4.78 is 53.5. The standard InChI is InChI=1S/C24H28F3N5O3/c25-15-11-22(33)32(16-1-2-18(26)19(27)12-16)24(14-15)5-7-31(8-6-24)20-13-21(30-23(28)29-20)35-17-3-9-34-10-4-17/h1-2,12-13,15,17H,3-11,14H2,(H2,28,29,30)/t15-/m1/s1. The lowest BCUT2D eigenvalue weighted by molar-refractivity contribution is -0.123. The highest BCUT2D eigenvalue weighted by Gasteiger charge is 2.49. The second-order valence-corrected chi connectivity index (χ2v) is 9.40. The molecule has 1 aromatic heterocycles. The Bertz CT molecular complexity index is 1090. The number of benzene rings is 1. The lowest BCUT2D eigenvalue weighted by atomic mass is 9.77. The number of carbonyl (C=O) groups is 1. The highest BCUT2D eigenvalue weighted by molar-refractivity contribution is 5.96. The van der Waals surface area contributed by atoms with E-state index >= 15 is 0 Å². The zero-order valence-electron chi connectivity index (χ0n) is 19.3. The highest BCUT2D eigenvalue weighted by atomic mass is 19.2. The van der Waals surface area contributed by atoms with Gasteiger partial charge in [-0.05, 0) is 25.0 Å². The van der Waals surface area contributed by atoms with E-state index in [1.54, 1.807) is 6.07 Å². The van der Waals surface area contributed by atoms with Gasteiger partial charge in [0.15, 0.2) is 11.6 Å². The summed E-state index contributed by atoms with van der Waals surface area (Å²) >= 11 is 0. The maximum absolute atomic E-state index is 14.6. The molecule has 2 aromatic rings. The summed E-state index contributed by atoms with van der Waals surface area (Å²) in [7, 11) is 0. The maximum atomic E-state index is 14.6. The molecule has 11 heteroatoms. The molecule has 0 aliphatic carbocycles. The van der Waals surface area contributed by atoms with Gasteiger partial charge >= 0.3 is 0 Å². The van der Waals surface area contributed by atoms with Crippen molar-refractivity contribution < 1.29 is 27.4 Å². The van der Waals surface area contributed by atoms with Gasteiger partial charge in [0.2, 0.25) is 17.7 Å². The molecule has 2 N–H and O–H groups in total. The number of aromatic nitrogens is 2. The Balaban J connectivity index is 1.35. The molecule has 0 radical (unpaired) electrons. The Morgan fingerprint density at radius 3 is 2.54 bits per heavy atom. The van der Waals surface area contributed by atoms with Gasteiger partial charge in [0.25, 0.3) is 0 Å². The van der Waals surface area contributed by atoms with Crippen molar-refractivity contribution in [3.8, 4) is 5.88 Å². The lowest BCUT2D eigenvalue weighted by Gasteiger charge is -2.52. The van der Waals surface area contributed by atoms with Crippen molar-refractivity contribution in [2.75, 3.05) is 41.8 Å². The molecule has 1 aromatic carbocycles. The fraction of sp³-hybridized carbons (Fsp3) is 0.542.